The molecule has 1 aromatic carbocycles. The van der Waals surface area contributed by atoms with E-state index in [9.17, 15) is 0 Å². The second kappa shape index (κ2) is 3.11. The Morgan fingerprint density at radius 2 is 2.27 bits per heavy atom. The van der Waals surface area contributed by atoms with Crippen molar-refractivity contribution in [3.8, 4) is 0 Å². The zero-order valence-corrected chi connectivity index (χ0v) is 9.03. The fourth-order valence-corrected chi connectivity index (χ4v) is 2.66. The molecule has 1 unspecified atom stereocenters. The van der Waals surface area contributed by atoms with Gasteiger partial charge >= 0.3 is 0 Å². The number of nitrogens with zero attached hydrogens (tertiary/aromatic N) is 1. The van der Waals surface area contributed by atoms with Gasteiger partial charge in [-0.3, -0.25) is 0 Å². The van der Waals surface area contributed by atoms with E-state index in [0.29, 0.717) is 6.04 Å². The molecule has 1 aromatic heterocycles. The summed E-state index contributed by atoms with van der Waals surface area (Å²) >= 11 is 0. The summed E-state index contributed by atoms with van der Waals surface area (Å²) in [5, 5.41) is 1.36. The molecule has 2 aromatic rings. The van der Waals surface area contributed by atoms with Gasteiger partial charge < -0.3 is 10.3 Å². The first-order valence-corrected chi connectivity index (χ1v) is 5.59. The molecule has 2 N–H and O–H groups in total. The highest BCUT2D eigenvalue weighted by Gasteiger charge is 2.18. The molecule has 0 spiro atoms. The highest BCUT2D eigenvalue weighted by molar-refractivity contribution is 5.84. The standard InChI is InChI=1S/C13H16N2/c1-9-3-2-4-10-7-12-8-11(14)5-6-15(12)13(9)10/h2-4,7,11H,5-6,8,14H2,1H3. The molecule has 3 rings (SSSR count). The second-order valence-corrected chi connectivity index (χ2v) is 4.55. The molecular formula is C13H16N2. The first-order valence-electron chi connectivity index (χ1n) is 5.59. The van der Waals surface area contributed by atoms with Crippen molar-refractivity contribution in [3.63, 3.8) is 0 Å². The van der Waals surface area contributed by atoms with E-state index in [-0.39, 0.29) is 0 Å². The lowest BCUT2D eigenvalue weighted by Crippen LogP contribution is -2.30. The predicted octanol–water partition coefficient (Wildman–Crippen LogP) is 2.22. The van der Waals surface area contributed by atoms with Crippen LogP contribution in [-0.4, -0.2) is 10.6 Å². The van der Waals surface area contributed by atoms with Crippen LogP contribution in [0.2, 0.25) is 0 Å². The smallest absolute Gasteiger partial charge is 0.0512 e. The third-order valence-electron chi connectivity index (χ3n) is 3.40. The van der Waals surface area contributed by atoms with Crippen molar-refractivity contribution in [1.82, 2.24) is 4.57 Å². The van der Waals surface area contributed by atoms with Crippen LogP contribution < -0.4 is 5.73 Å². The summed E-state index contributed by atoms with van der Waals surface area (Å²) in [6.07, 6.45) is 2.12. The fourth-order valence-electron chi connectivity index (χ4n) is 2.66. The molecule has 0 radical (unpaired) electrons. The molecule has 0 saturated carbocycles. The molecular weight excluding hydrogens is 184 g/mol. The Morgan fingerprint density at radius 1 is 1.40 bits per heavy atom. The Balaban J connectivity index is 2.29. The third-order valence-corrected chi connectivity index (χ3v) is 3.40. The van der Waals surface area contributed by atoms with Crippen molar-refractivity contribution in [3.05, 3.63) is 35.5 Å². The maximum atomic E-state index is 6.00. The summed E-state index contributed by atoms with van der Waals surface area (Å²) in [5.41, 5.74) is 10.2. The lowest BCUT2D eigenvalue weighted by molar-refractivity contribution is 0.480. The lowest BCUT2D eigenvalue weighted by Gasteiger charge is -2.22. The van der Waals surface area contributed by atoms with Gasteiger partial charge in [0.1, 0.15) is 0 Å². The van der Waals surface area contributed by atoms with Crippen LogP contribution in [0.1, 0.15) is 17.7 Å². The highest BCUT2D eigenvalue weighted by Crippen LogP contribution is 2.27. The summed E-state index contributed by atoms with van der Waals surface area (Å²) < 4.78 is 2.44. The Kier molecular flexibility index (Phi) is 1.86. The minimum absolute atomic E-state index is 0.349. The van der Waals surface area contributed by atoms with Gasteiger partial charge in [-0.1, -0.05) is 18.2 Å². The van der Waals surface area contributed by atoms with Gasteiger partial charge in [0, 0.05) is 30.1 Å². The Bertz CT molecular complexity index is 510. The number of benzene rings is 1. The molecule has 1 aliphatic rings. The van der Waals surface area contributed by atoms with Crippen molar-refractivity contribution in [2.24, 2.45) is 5.73 Å². The van der Waals surface area contributed by atoms with Gasteiger partial charge in [-0.2, -0.15) is 0 Å². The molecule has 0 aliphatic carbocycles. The number of fused-ring (bicyclic) bond motifs is 3. The molecule has 2 nitrogen and oxygen atoms in total. The van der Waals surface area contributed by atoms with E-state index in [4.69, 9.17) is 5.73 Å². The van der Waals surface area contributed by atoms with Crippen molar-refractivity contribution in [1.29, 1.82) is 0 Å². The summed E-state index contributed by atoms with van der Waals surface area (Å²) in [6, 6.07) is 9.15. The fraction of sp³-hybridized carbons (Fsp3) is 0.385. The molecule has 0 amide bonds. The molecule has 0 fully saturated rings. The number of nitrogens with two attached hydrogens (primary N) is 1. The molecule has 0 saturated heterocycles. The number of para-hydroxylation sites is 1. The summed E-state index contributed by atoms with van der Waals surface area (Å²) in [7, 11) is 0. The van der Waals surface area contributed by atoms with Gasteiger partial charge in [-0.15, -0.1) is 0 Å². The average Bonchev–Trinajstić information content (AvgIpc) is 2.56. The van der Waals surface area contributed by atoms with Gasteiger partial charge in [-0.05, 0) is 25.0 Å². The average molecular weight is 200 g/mol. The molecule has 15 heavy (non-hydrogen) atoms. The molecule has 1 aliphatic heterocycles. The topological polar surface area (TPSA) is 30.9 Å². The zero-order valence-electron chi connectivity index (χ0n) is 9.03. The van der Waals surface area contributed by atoms with Crippen LogP contribution in [0.3, 0.4) is 0 Å². The van der Waals surface area contributed by atoms with E-state index in [0.717, 1.165) is 19.4 Å². The summed E-state index contributed by atoms with van der Waals surface area (Å²) in [5.74, 6) is 0. The normalized spacial score (nSPS) is 20.5. The SMILES string of the molecule is Cc1cccc2cc3n(c12)CCC(N)C3. The number of aromatic nitrogens is 1. The summed E-state index contributed by atoms with van der Waals surface area (Å²) in [4.78, 5) is 0. The Morgan fingerprint density at radius 3 is 3.13 bits per heavy atom. The molecule has 2 heteroatoms. The van der Waals surface area contributed by atoms with Gasteiger partial charge in [0.05, 0.1) is 5.52 Å². The third kappa shape index (κ3) is 1.29. The van der Waals surface area contributed by atoms with Gasteiger partial charge in [0.15, 0.2) is 0 Å². The largest absolute Gasteiger partial charge is 0.344 e. The first kappa shape index (κ1) is 8.98. The Hall–Kier alpha value is -1.28. The molecule has 78 valence electrons. The number of hydrogen-bond acceptors (Lipinski definition) is 1. The number of hydrogen-bond donors (Lipinski definition) is 1. The number of aryl methyl sites for hydroxylation is 2. The van der Waals surface area contributed by atoms with Gasteiger partial charge in [0.25, 0.3) is 0 Å². The summed E-state index contributed by atoms with van der Waals surface area (Å²) in [6.45, 7) is 3.26. The highest BCUT2D eigenvalue weighted by atomic mass is 15.0. The molecule has 0 bridgehead atoms. The van der Waals surface area contributed by atoms with Crippen LogP contribution in [-0.2, 0) is 13.0 Å². The van der Waals surface area contributed by atoms with Crippen LogP contribution in [0, 0.1) is 6.92 Å². The van der Waals surface area contributed by atoms with Crippen molar-refractivity contribution in [2.45, 2.75) is 32.4 Å². The van der Waals surface area contributed by atoms with Gasteiger partial charge in [0.2, 0.25) is 0 Å². The minimum Gasteiger partial charge on any atom is -0.344 e. The van der Waals surface area contributed by atoms with E-state index in [2.05, 4.69) is 35.8 Å². The minimum atomic E-state index is 0.349. The first-order chi connectivity index (χ1) is 7.25. The van der Waals surface area contributed by atoms with Crippen LogP contribution in [0.15, 0.2) is 24.3 Å². The van der Waals surface area contributed by atoms with Crippen LogP contribution >= 0.6 is 0 Å². The van der Waals surface area contributed by atoms with Crippen LogP contribution in [0.4, 0.5) is 0 Å². The van der Waals surface area contributed by atoms with E-state index in [1.807, 2.05) is 0 Å². The van der Waals surface area contributed by atoms with E-state index >= 15 is 0 Å². The zero-order chi connectivity index (χ0) is 10.4. The van der Waals surface area contributed by atoms with Crippen molar-refractivity contribution >= 4 is 10.9 Å². The van der Waals surface area contributed by atoms with Crippen molar-refractivity contribution < 1.29 is 0 Å². The predicted molar refractivity (Wildman–Crippen MR) is 63.0 cm³/mol. The van der Waals surface area contributed by atoms with E-state index in [1.54, 1.807) is 0 Å². The number of rotatable bonds is 0. The lowest BCUT2D eigenvalue weighted by atomic mass is 10.1. The van der Waals surface area contributed by atoms with Crippen LogP contribution in [0.5, 0.6) is 0 Å². The van der Waals surface area contributed by atoms with E-state index < -0.39 is 0 Å². The van der Waals surface area contributed by atoms with E-state index in [1.165, 1.54) is 22.2 Å². The Labute approximate surface area is 89.7 Å². The molecule has 1 atom stereocenters. The van der Waals surface area contributed by atoms with Crippen molar-refractivity contribution in [2.75, 3.05) is 0 Å². The maximum Gasteiger partial charge on any atom is 0.0512 e. The van der Waals surface area contributed by atoms with Crippen LogP contribution in [0.25, 0.3) is 10.9 Å². The second-order valence-electron chi connectivity index (χ2n) is 4.55. The molecule has 2 heterocycles. The quantitative estimate of drug-likeness (QED) is 0.694. The van der Waals surface area contributed by atoms with Gasteiger partial charge in [-0.25, -0.2) is 0 Å². The monoisotopic (exact) mass is 200 g/mol. The maximum absolute atomic E-state index is 6.00.